The molecule has 2 aromatic rings. The van der Waals surface area contributed by atoms with Crippen LogP contribution < -0.4 is 20.1 Å². The Labute approximate surface area is 231 Å². The van der Waals surface area contributed by atoms with Crippen LogP contribution in [-0.4, -0.2) is 61.4 Å². The Morgan fingerprint density at radius 3 is 2.62 bits per heavy atom. The van der Waals surface area contributed by atoms with Gasteiger partial charge in [0.1, 0.15) is 17.4 Å². The van der Waals surface area contributed by atoms with E-state index < -0.39 is 21.9 Å². The van der Waals surface area contributed by atoms with Gasteiger partial charge in [0.05, 0.1) is 17.9 Å². The molecule has 4 rings (SSSR count). The van der Waals surface area contributed by atoms with E-state index in [9.17, 15) is 17.6 Å². The number of amides is 1. The SMILES string of the molecule is CC(C)COc1cc(F)cc(-c2ccc(C(=O)NS(=O)(=O)N3CCC[C@H](N)C3)c(N3CCC(C)C3(C)C)n2)c1. The van der Waals surface area contributed by atoms with Crippen molar-refractivity contribution in [2.75, 3.05) is 31.1 Å². The molecule has 1 unspecified atom stereocenters. The van der Waals surface area contributed by atoms with Gasteiger partial charge in [-0.05, 0) is 69.2 Å². The maximum absolute atomic E-state index is 14.5. The number of benzene rings is 1. The number of halogens is 1. The monoisotopic (exact) mass is 561 g/mol. The number of carbonyl (C=O) groups is 1. The number of nitrogens with one attached hydrogen (secondary N) is 1. The number of aromatic nitrogens is 1. The zero-order valence-corrected chi connectivity index (χ0v) is 24.2. The molecule has 1 aromatic heterocycles. The van der Waals surface area contributed by atoms with Gasteiger partial charge in [-0.2, -0.15) is 12.7 Å². The summed E-state index contributed by atoms with van der Waals surface area (Å²) in [5.74, 6) is 0.109. The summed E-state index contributed by atoms with van der Waals surface area (Å²) in [4.78, 5) is 20.3. The highest BCUT2D eigenvalue weighted by Gasteiger charge is 2.41. The Bertz CT molecular complexity index is 1320. The lowest BCUT2D eigenvalue weighted by atomic mass is 9.90. The molecule has 2 atom stereocenters. The van der Waals surface area contributed by atoms with E-state index in [-0.39, 0.29) is 29.6 Å². The molecule has 1 aromatic carbocycles. The van der Waals surface area contributed by atoms with E-state index in [1.54, 1.807) is 18.2 Å². The minimum atomic E-state index is -4.09. The van der Waals surface area contributed by atoms with Crippen molar-refractivity contribution in [1.29, 1.82) is 0 Å². The van der Waals surface area contributed by atoms with Gasteiger partial charge in [-0.25, -0.2) is 14.1 Å². The van der Waals surface area contributed by atoms with Crippen molar-refractivity contribution in [3.63, 3.8) is 0 Å². The molecule has 0 radical (unpaired) electrons. The summed E-state index contributed by atoms with van der Waals surface area (Å²) in [6.45, 7) is 11.9. The van der Waals surface area contributed by atoms with Gasteiger partial charge < -0.3 is 15.4 Å². The first-order valence-electron chi connectivity index (χ1n) is 13.6. The van der Waals surface area contributed by atoms with Gasteiger partial charge in [-0.3, -0.25) is 4.79 Å². The van der Waals surface area contributed by atoms with Crippen LogP contribution in [0.15, 0.2) is 30.3 Å². The zero-order chi connectivity index (χ0) is 28.5. The van der Waals surface area contributed by atoms with E-state index in [2.05, 4.69) is 25.5 Å². The Hall–Kier alpha value is -2.76. The Morgan fingerprint density at radius 2 is 1.97 bits per heavy atom. The number of piperidine rings is 1. The number of nitrogens with zero attached hydrogens (tertiary/aromatic N) is 3. The third-order valence-corrected chi connectivity index (χ3v) is 9.25. The lowest BCUT2D eigenvalue weighted by Crippen LogP contribution is -2.51. The average Bonchev–Trinajstić information content (AvgIpc) is 3.13. The minimum Gasteiger partial charge on any atom is -0.493 e. The van der Waals surface area contributed by atoms with Crippen molar-refractivity contribution in [3.05, 3.63) is 41.7 Å². The van der Waals surface area contributed by atoms with E-state index >= 15 is 0 Å². The fraction of sp³-hybridized carbons (Fsp3) is 0.571. The molecule has 0 spiro atoms. The topological polar surface area (TPSA) is 118 Å². The van der Waals surface area contributed by atoms with Crippen molar-refractivity contribution in [3.8, 4) is 17.0 Å². The first kappa shape index (κ1) is 29.2. The van der Waals surface area contributed by atoms with Gasteiger partial charge in [0.2, 0.25) is 0 Å². The second kappa shape index (κ2) is 11.4. The van der Waals surface area contributed by atoms with Gasteiger partial charge in [0.25, 0.3) is 5.91 Å². The molecule has 39 heavy (non-hydrogen) atoms. The number of carbonyl (C=O) groups excluding carboxylic acids is 1. The summed E-state index contributed by atoms with van der Waals surface area (Å²) in [5, 5.41) is 0. The van der Waals surface area contributed by atoms with Gasteiger partial charge in [-0.1, -0.05) is 20.8 Å². The molecule has 3 N–H and O–H groups in total. The van der Waals surface area contributed by atoms with Crippen molar-refractivity contribution < 1.29 is 22.3 Å². The van der Waals surface area contributed by atoms with Crippen LogP contribution in [0.5, 0.6) is 5.75 Å². The van der Waals surface area contributed by atoms with Crippen molar-refractivity contribution in [1.82, 2.24) is 14.0 Å². The molecular weight excluding hydrogens is 521 g/mol. The Balaban J connectivity index is 1.72. The number of rotatable bonds is 8. The molecule has 0 saturated carbocycles. The van der Waals surface area contributed by atoms with Crippen LogP contribution in [0, 0.1) is 17.7 Å². The highest BCUT2D eigenvalue weighted by molar-refractivity contribution is 7.87. The molecule has 0 aliphatic carbocycles. The summed E-state index contributed by atoms with van der Waals surface area (Å²) in [6, 6.07) is 7.32. The van der Waals surface area contributed by atoms with Crippen molar-refractivity contribution in [2.24, 2.45) is 17.6 Å². The van der Waals surface area contributed by atoms with Crippen LogP contribution in [0.3, 0.4) is 0 Å². The smallest absolute Gasteiger partial charge is 0.304 e. The average molecular weight is 562 g/mol. The fourth-order valence-corrected chi connectivity index (χ4v) is 6.32. The first-order chi connectivity index (χ1) is 18.3. The number of hydrogen-bond acceptors (Lipinski definition) is 7. The van der Waals surface area contributed by atoms with Crippen LogP contribution in [0.2, 0.25) is 0 Å². The zero-order valence-electron chi connectivity index (χ0n) is 23.4. The molecule has 3 heterocycles. The second-order valence-electron chi connectivity index (χ2n) is 11.6. The van der Waals surface area contributed by atoms with E-state index in [0.29, 0.717) is 54.9 Å². The first-order valence-corrected chi connectivity index (χ1v) is 15.0. The fourth-order valence-electron chi connectivity index (χ4n) is 5.09. The number of nitrogens with two attached hydrogens (primary N) is 1. The maximum atomic E-state index is 14.5. The minimum absolute atomic E-state index is 0.137. The summed E-state index contributed by atoms with van der Waals surface area (Å²) in [7, 11) is -4.09. The molecule has 1 amide bonds. The standard InChI is InChI=1S/C28H40FN5O4S/c1-18(2)17-38-23-14-20(13-21(29)15-23)25-9-8-24(26(31-25)34-12-10-19(3)28(34,4)5)27(35)32-39(36,37)33-11-6-7-22(30)16-33/h8-9,13-15,18-19,22H,6-7,10-12,16-17,30H2,1-5H3,(H,32,35)/t19?,22-/m0/s1. The van der Waals surface area contributed by atoms with Crippen molar-refractivity contribution in [2.45, 2.75) is 65.5 Å². The van der Waals surface area contributed by atoms with Crippen LogP contribution >= 0.6 is 0 Å². The Morgan fingerprint density at radius 1 is 1.23 bits per heavy atom. The molecule has 2 saturated heterocycles. The quantitative estimate of drug-likeness (QED) is 0.501. The maximum Gasteiger partial charge on any atom is 0.304 e. The highest BCUT2D eigenvalue weighted by Crippen LogP contribution is 2.39. The summed E-state index contributed by atoms with van der Waals surface area (Å²) in [6.07, 6.45) is 2.26. The van der Waals surface area contributed by atoms with Gasteiger partial charge >= 0.3 is 10.2 Å². The molecule has 2 aliphatic heterocycles. The van der Waals surface area contributed by atoms with Gasteiger partial charge in [-0.15, -0.1) is 0 Å². The molecule has 11 heteroatoms. The molecule has 0 bridgehead atoms. The highest BCUT2D eigenvalue weighted by atomic mass is 32.2. The van der Waals surface area contributed by atoms with Crippen LogP contribution in [-0.2, 0) is 10.2 Å². The lowest BCUT2D eigenvalue weighted by Gasteiger charge is -2.37. The third kappa shape index (κ3) is 6.53. The van der Waals surface area contributed by atoms with E-state index in [0.717, 1.165) is 12.8 Å². The predicted octanol–water partition coefficient (Wildman–Crippen LogP) is 3.95. The third-order valence-electron chi connectivity index (χ3n) is 7.80. The van der Waals surface area contributed by atoms with Crippen LogP contribution in [0.1, 0.15) is 64.2 Å². The van der Waals surface area contributed by atoms with Gasteiger partial charge in [0.15, 0.2) is 0 Å². The Kier molecular flexibility index (Phi) is 8.53. The number of pyridine rings is 1. The van der Waals surface area contributed by atoms with Crippen LogP contribution in [0.4, 0.5) is 10.2 Å². The molecule has 2 aliphatic rings. The molecule has 214 valence electrons. The second-order valence-corrected chi connectivity index (χ2v) is 13.3. The number of anilines is 1. The van der Waals surface area contributed by atoms with Crippen LogP contribution in [0.25, 0.3) is 11.3 Å². The lowest BCUT2D eigenvalue weighted by molar-refractivity contribution is 0.0978. The molecular formula is C28H40FN5O4S. The number of hydrogen-bond donors (Lipinski definition) is 2. The largest absolute Gasteiger partial charge is 0.493 e. The molecule has 9 nitrogen and oxygen atoms in total. The summed E-state index contributed by atoms with van der Waals surface area (Å²) in [5.41, 5.74) is 6.72. The van der Waals surface area contributed by atoms with E-state index in [1.807, 2.05) is 18.7 Å². The van der Waals surface area contributed by atoms with E-state index in [4.69, 9.17) is 15.5 Å². The number of ether oxygens (including phenoxy) is 1. The molecule has 2 fully saturated rings. The summed E-state index contributed by atoms with van der Waals surface area (Å²) < 4.78 is 49.8. The van der Waals surface area contributed by atoms with E-state index in [1.165, 1.54) is 16.4 Å². The van der Waals surface area contributed by atoms with Crippen molar-refractivity contribution >= 4 is 21.9 Å². The predicted molar refractivity (Wildman–Crippen MR) is 150 cm³/mol. The summed E-state index contributed by atoms with van der Waals surface area (Å²) >= 11 is 0. The van der Waals surface area contributed by atoms with Gasteiger partial charge in [0, 0.05) is 42.8 Å². The normalized spacial score (nSPS) is 21.8.